The quantitative estimate of drug-likeness (QED) is 0.516. The van der Waals surface area contributed by atoms with Crippen molar-refractivity contribution < 1.29 is 22.6 Å². The van der Waals surface area contributed by atoms with Gasteiger partial charge in [0.2, 0.25) is 0 Å². The average molecular weight is 231 g/mol. The summed E-state index contributed by atoms with van der Waals surface area (Å²) in [5.41, 5.74) is 0.327. The maximum atomic E-state index is 10.9. The van der Waals surface area contributed by atoms with E-state index in [4.69, 9.17) is 5.11 Å². The van der Waals surface area contributed by atoms with Crippen LogP contribution in [0.1, 0.15) is 0 Å². The molecule has 1 aliphatic carbocycles. The summed E-state index contributed by atoms with van der Waals surface area (Å²) in [4.78, 5) is 10.9. The maximum Gasteiger partial charge on any atom is 0.325 e. The Morgan fingerprint density at radius 2 is 2.13 bits per heavy atom. The second-order valence-electron chi connectivity index (χ2n) is 2.82. The molecule has 6 nitrogen and oxygen atoms in total. The molecule has 0 aliphatic heterocycles. The molecular weight excluding hydrogens is 222 g/mol. The fourth-order valence-electron chi connectivity index (χ4n) is 0.885. The summed E-state index contributed by atoms with van der Waals surface area (Å²) in [6.07, 6.45) is 4.48. The summed E-state index contributed by atoms with van der Waals surface area (Å²) in [6.45, 7) is -0.415. The van der Waals surface area contributed by atoms with Gasteiger partial charge in [-0.25, -0.2) is 0 Å². The molecule has 1 N–H and O–H groups in total. The second-order valence-corrected chi connectivity index (χ2v) is 4.38. The van der Waals surface area contributed by atoms with E-state index in [0.29, 0.717) is 0 Å². The first-order valence-corrected chi connectivity index (χ1v) is 5.74. The molecule has 0 spiro atoms. The Hall–Kier alpha value is -1.47. The highest BCUT2D eigenvalue weighted by molar-refractivity contribution is 7.85. The van der Waals surface area contributed by atoms with E-state index in [0.717, 1.165) is 12.3 Å². The van der Waals surface area contributed by atoms with Gasteiger partial charge >= 0.3 is 10.1 Å². The van der Waals surface area contributed by atoms with Crippen molar-refractivity contribution in [2.45, 2.75) is 0 Å². The lowest BCUT2D eigenvalue weighted by Crippen LogP contribution is -2.12. The molecule has 0 bridgehead atoms. The van der Waals surface area contributed by atoms with Gasteiger partial charge in [0, 0.05) is 5.57 Å². The lowest BCUT2D eigenvalue weighted by Gasteiger charge is -2.06. The summed E-state index contributed by atoms with van der Waals surface area (Å²) in [6, 6.07) is 0. The van der Waals surface area contributed by atoms with E-state index in [1.54, 1.807) is 0 Å². The Morgan fingerprint density at radius 1 is 1.47 bits per heavy atom. The van der Waals surface area contributed by atoms with Gasteiger partial charge in [-0.15, -0.1) is 0 Å². The van der Waals surface area contributed by atoms with E-state index in [1.165, 1.54) is 12.2 Å². The van der Waals surface area contributed by atoms with Gasteiger partial charge in [-0.3, -0.25) is 9.08 Å². The Labute approximate surface area is 86.7 Å². The van der Waals surface area contributed by atoms with Gasteiger partial charge in [-0.05, 0) is 18.2 Å². The van der Waals surface area contributed by atoms with E-state index in [-0.39, 0.29) is 17.1 Å². The van der Waals surface area contributed by atoms with E-state index < -0.39 is 16.7 Å². The number of carbonyl (C=O) groups excluding carboxylic acids is 1. The number of hydrogen-bond acceptors (Lipinski definition) is 6. The van der Waals surface area contributed by atoms with Crippen LogP contribution in [0.5, 0.6) is 0 Å². The molecule has 0 aromatic rings. The summed E-state index contributed by atoms with van der Waals surface area (Å²) in [7, 11) is -3.68. The third-order valence-electron chi connectivity index (χ3n) is 1.49. The van der Waals surface area contributed by atoms with Crippen molar-refractivity contribution in [2.75, 3.05) is 12.9 Å². The molecule has 82 valence electrons. The number of oxime groups is 1. The van der Waals surface area contributed by atoms with Crippen molar-refractivity contribution in [3.05, 3.63) is 23.8 Å². The van der Waals surface area contributed by atoms with E-state index >= 15 is 0 Å². The fourth-order valence-corrected chi connectivity index (χ4v) is 1.10. The van der Waals surface area contributed by atoms with Crippen molar-refractivity contribution in [1.82, 2.24) is 0 Å². The molecule has 1 aliphatic rings. The van der Waals surface area contributed by atoms with Crippen molar-refractivity contribution in [2.24, 2.45) is 5.16 Å². The molecule has 0 fully saturated rings. The second kappa shape index (κ2) is 4.37. The minimum absolute atomic E-state index is 0.113. The smallest absolute Gasteiger partial charge is 0.325 e. The van der Waals surface area contributed by atoms with Crippen LogP contribution in [0.25, 0.3) is 0 Å². The van der Waals surface area contributed by atoms with Crippen LogP contribution in [-0.4, -0.2) is 37.9 Å². The van der Waals surface area contributed by atoms with E-state index in [1.807, 2.05) is 0 Å². The van der Waals surface area contributed by atoms with E-state index in [2.05, 4.69) is 9.44 Å². The van der Waals surface area contributed by atoms with Gasteiger partial charge in [0.1, 0.15) is 5.71 Å². The minimum atomic E-state index is -3.68. The Morgan fingerprint density at radius 3 is 2.67 bits per heavy atom. The number of aliphatic hydroxyl groups is 1. The first kappa shape index (κ1) is 11.6. The molecule has 0 aromatic heterocycles. The van der Waals surface area contributed by atoms with Crippen LogP contribution >= 0.6 is 0 Å². The number of aliphatic hydroxyl groups excluding tert-OH is 1. The minimum Gasteiger partial charge on any atom is -0.392 e. The van der Waals surface area contributed by atoms with Crippen LogP contribution in [0.2, 0.25) is 0 Å². The Balaban J connectivity index is 2.91. The molecule has 0 unspecified atom stereocenters. The topological polar surface area (TPSA) is 93.0 Å². The van der Waals surface area contributed by atoms with Gasteiger partial charge in [0.05, 0.1) is 12.9 Å². The van der Waals surface area contributed by atoms with Gasteiger partial charge < -0.3 is 5.11 Å². The molecule has 15 heavy (non-hydrogen) atoms. The van der Waals surface area contributed by atoms with Gasteiger partial charge in [-0.1, -0.05) is 5.16 Å². The average Bonchev–Trinajstić information content (AvgIpc) is 2.14. The highest BCUT2D eigenvalue weighted by Crippen LogP contribution is 2.07. The highest BCUT2D eigenvalue weighted by Gasteiger charge is 2.12. The number of rotatable bonds is 3. The zero-order chi connectivity index (χ0) is 11.5. The van der Waals surface area contributed by atoms with Crippen molar-refractivity contribution in [3.63, 3.8) is 0 Å². The van der Waals surface area contributed by atoms with Gasteiger partial charge in [0.15, 0.2) is 5.78 Å². The molecule has 0 saturated heterocycles. The molecule has 0 radical (unpaired) electrons. The van der Waals surface area contributed by atoms with Gasteiger partial charge in [0.25, 0.3) is 0 Å². The Kier molecular flexibility index (Phi) is 3.38. The summed E-state index contributed by atoms with van der Waals surface area (Å²) >= 11 is 0. The summed E-state index contributed by atoms with van der Waals surface area (Å²) in [5, 5.41) is 12.2. The van der Waals surface area contributed by atoms with Gasteiger partial charge in [-0.2, -0.15) is 8.42 Å². The number of nitrogens with zero attached hydrogens (tertiary/aromatic N) is 1. The lowest BCUT2D eigenvalue weighted by atomic mass is 10.0. The third-order valence-corrected chi connectivity index (χ3v) is 1.84. The van der Waals surface area contributed by atoms with Crippen molar-refractivity contribution in [3.8, 4) is 0 Å². The molecule has 0 saturated carbocycles. The number of ketones is 1. The summed E-state index contributed by atoms with van der Waals surface area (Å²) < 4.78 is 25.4. The molecular formula is C8H9NO5S. The predicted molar refractivity (Wildman–Crippen MR) is 52.7 cm³/mol. The highest BCUT2D eigenvalue weighted by atomic mass is 32.2. The molecule has 0 aromatic carbocycles. The van der Waals surface area contributed by atoms with Crippen LogP contribution in [0.4, 0.5) is 0 Å². The SMILES string of the molecule is CS(=O)(=O)O/N=C1\C=CC(=O)C=C1CO. The molecule has 0 amide bonds. The summed E-state index contributed by atoms with van der Waals surface area (Å²) in [5.74, 6) is -0.294. The predicted octanol–water partition coefficient (Wildman–Crippen LogP) is -0.624. The van der Waals surface area contributed by atoms with Crippen LogP contribution in [-0.2, 0) is 19.2 Å². The lowest BCUT2D eigenvalue weighted by molar-refractivity contribution is -0.110. The van der Waals surface area contributed by atoms with Crippen LogP contribution in [0.15, 0.2) is 29.0 Å². The standard InChI is InChI=1S/C8H9NO5S/c1-15(12,13)14-9-8-3-2-7(11)4-6(8)5-10/h2-4,10H,5H2,1H3/b9-8+. The largest absolute Gasteiger partial charge is 0.392 e. The van der Waals surface area contributed by atoms with Crippen LogP contribution in [0.3, 0.4) is 0 Å². The van der Waals surface area contributed by atoms with Crippen LogP contribution < -0.4 is 0 Å². The maximum absolute atomic E-state index is 10.9. The van der Waals surface area contributed by atoms with Crippen LogP contribution in [0, 0.1) is 0 Å². The molecule has 7 heteroatoms. The number of hydrogen-bond donors (Lipinski definition) is 1. The fraction of sp³-hybridized carbons (Fsp3) is 0.250. The molecule has 0 atom stereocenters. The van der Waals surface area contributed by atoms with Crippen molar-refractivity contribution in [1.29, 1.82) is 0 Å². The zero-order valence-electron chi connectivity index (χ0n) is 7.87. The number of carbonyl (C=O) groups is 1. The van der Waals surface area contributed by atoms with Crippen molar-refractivity contribution >= 4 is 21.6 Å². The normalized spacial score (nSPS) is 19.2. The zero-order valence-corrected chi connectivity index (χ0v) is 8.69. The van der Waals surface area contributed by atoms with E-state index in [9.17, 15) is 13.2 Å². The molecule has 1 rings (SSSR count). The Bertz CT molecular complexity index is 457. The first-order chi connectivity index (χ1) is 6.92. The number of allylic oxidation sites excluding steroid dienone is 3. The third kappa shape index (κ3) is 3.64. The monoisotopic (exact) mass is 231 g/mol. The first-order valence-electron chi connectivity index (χ1n) is 3.93. The molecule has 0 heterocycles.